The monoisotopic (exact) mass is 516 g/mol. The molecule has 3 aromatic rings. The molecule has 2 N–H and O–H groups in total. The molecule has 160 valence electrons. The third kappa shape index (κ3) is 5.08. The summed E-state index contributed by atoms with van der Waals surface area (Å²) in [6.45, 7) is 0. The zero-order valence-corrected chi connectivity index (χ0v) is 20.2. The number of nitrogens with two attached hydrogens (primary N) is 1. The molecule has 0 fully saturated rings. The normalized spacial score (nSPS) is 15.8. The van der Waals surface area contributed by atoms with Crippen LogP contribution in [0.1, 0.15) is 23.6 Å². The minimum atomic E-state index is -0.151. The van der Waals surface area contributed by atoms with Gasteiger partial charge in [0, 0.05) is 30.7 Å². The first-order chi connectivity index (χ1) is 14.9. The highest BCUT2D eigenvalue weighted by Gasteiger charge is 2.33. The van der Waals surface area contributed by atoms with Crippen molar-refractivity contribution in [1.82, 2.24) is 15.2 Å². The molecular weight excluding hydrogens is 496 g/mol. The Morgan fingerprint density at radius 1 is 1.19 bits per heavy atom. The second-order valence-electron chi connectivity index (χ2n) is 7.19. The first kappa shape index (κ1) is 21.8. The van der Waals surface area contributed by atoms with Gasteiger partial charge in [-0.2, -0.15) is 5.10 Å². The van der Waals surface area contributed by atoms with Gasteiger partial charge in [-0.1, -0.05) is 63.3 Å². The largest absolute Gasteiger partial charge is 0.378 e. The molecule has 0 radical (unpaired) electrons. The number of nitrogen functional groups attached to an aromatic ring is 1. The average Bonchev–Trinajstić information content (AvgIpc) is 3.39. The van der Waals surface area contributed by atoms with Crippen molar-refractivity contribution in [2.24, 2.45) is 5.10 Å². The van der Waals surface area contributed by atoms with Crippen LogP contribution in [0.5, 0.6) is 0 Å². The number of rotatable bonds is 6. The van der Waals surface area contributed by atoms with Gasteiger partial charge in [0.1, 0.15) is 0 Å². The molecule has 1 aromatic heterocycles. The van der Waals surface area contributed by atoms with Gasteiger partial charge in [-0.15, -0.1) is 10.2 Å². The number of hydrogen-bond acceptors (Lipinski definition) is 8. The van der Waals surface area contributed by atoms with E-state index in [9.17, 15) is 4.79 Å². The summed E-state index contributed by atoms with van der Waals surface area (Å²) in [7, 11) is 4.01. The average molecular weight is 517 g/mol. The lowest BCUT2D eigenvalue weighted by Crippen LogP contribution is -2.28. The molecule has 0 saturated heterocycles. The zero-order valence-electron chi connectivity index (χ0n) is 17.0. The van der Waals surface area contributed by atoms with Crippen molar-refractivity contribution in [3.63, 3.8) is 0 Å². The van der Waals surface area contributed by atoms with Crippen LogP contribution in [0.2, 0.25) is 0 Å². The molecule has 1 atom stereocenters. The number of hydrazone groups is 1. The molecule has 1 aliphatic rings. The van der Waals surface area contributed by atoms with Crippen molar-refractivity contribution in [3.8, 4) is 0 Å². The molecule has 31 heavy (non-hydrogen) atoms. The molecular formula is C21H21BrN6OS2. The van der Waals surface area contributed by atoms with Crippen LogP contribution >= 0.6 is 39.0 Å². The Hall–Kier alpha value is -2.43. The van der Waals surface area contributed by atoms with Gasteiger partial charge in [0.15, 0.2) is 4.34 Å². The molecule has 4 rings (SSSR count). The number of aromatic nitrogens is 2. The number of carbonyl (C=O) groups excluding carboxylic acids is 1. The lowest BCUT2D eigenvalue weighted by Gasteiger charge is -2.22. The molecule has 2 heterocycles. The lowest BCUT2D eigenvalue weighted by atomic mass is 9.98. The third-order valence-electron chi connectivity index (χ3n) is 4.88. The van der Waals surface area contributed by atoms with Crippen LogP contribution in [0.3, 0.4) is 0 Å². The van der Waals surface area contributed by atoms with Crippen molar-refractivity contribution < 1.29 is 4.79 Å². The van der Waals surface area contributed by atoms with Crippen molar-refractivity contribution >= 4 is 61.5 Å². The second-order valence-corrected chi connectivity index (χ2v) is 10.3. The molecule has 1 amide bonds. The molecule has 2 aromatic carbocycles. The maximum atomic E-state index is 13.1. The molecule has 1 aliphatic heterocycles. The Balaban J connectivity index is 1.58. The van der Waals surface area contributed by atoms with Crippen LogP contribution in [0, 0.1) is 0 Å². The minimum absolute atomic E-state index is 0.0763. The van der Waals surface area contributed by atoms with E-state index >= 15 is 0 Å². The standard InChI is InChI=1S/C21H21BrN6OS2/c1-27(2)16-9-5-14(6-10-16)18-11-17(13-3-7-15(22)8-4-13)26-28(18)19(29)12-30-21-25-24-20(23)31-21/h3-10,18H,11-12H2,1-2H3,(H2,23,24). The van der Waals surface area contributed by atoms with E-state index in [4.69, 9.17) is 10.8 Å². The summed E-state index contributed by atoms with van der Waals surface area (Å²) in [4.78, 5) is 15.2. The Kier molecular flexibility index (Phi) is 6.59. The fourth-order valence-electron chi connectivity index (χ4n) is 3.28. The van der Waals surface area contributed by atoms with E-state index in [-0.39, 0.29) is 17.7 Å². The third-order valence-corrected chi connectivity index (χ3v) is 7.28. The number of nitrogens with zero attached hydrogens (tertiary/aromatic N) is 5. The van der Waals surface area contributed by atoms with Gasteiger partial charge in [0.2, 0.25) is 5.13 Å². The fraction of sp³-hybridized carbons (Fsp3) is 0.238. The molecule has 0 saturated carbocycles. The first-order valence-electron chi connectivity index (χ1n) is 9.55. The smallest absolute Gasteiger partial charge is 0.253 e. The zero-order chi connectivity index (χ0) is 22.0. The van der Waals surface area contributed by atoms with Crippen LogP contribution < -0.4 is 10.6 Å². The van der Waals surface area contributed by atoms with Gasteiger partial charge in [0.05, 0.1) is 17.5 Å². The van der Waals surface area contributed by atoms with E-state index in [1.165, 1.54) is 23.1 Å². The highest BCUT2D eigenvalue weighted by atomic mass is 79.9. The van der Waals surface area contributed by atoms with Crippen molar-refractivity contribution in [2.45, 2.75) is 16.8 Å². The number of anilines is 2. The maximum absolute atomic E-state index is 13.1. The highest BCUT2D eigenvalue weighted by molar-refractivity contribution is 9.10. The topological polar surface area (TPSA) is 87.7 Å². The number of benzene rings is 2. The summed E-state index contributed by atoms with van der Waals surface area (Å²) >= 11 is 6.08. The predicted octanol–water partition coefficient (Wildman–Crippen LogP) is 4.42. The summed E-state index contributed by atoms with van der Waals surface area (Å²) in [5.74, 6) is 0.144. The van der Waals surface area contributed by atoms with Crippen LogP contribution in [-0.2, 0) is 4.79 Å². The van der Waals surface area contributed by atoms with E-state index in [2.05, 4.69) is 55.3 Å². The molecule has 7 nitrogen and oxygen atoms in total. The fourth-order valence-corrected chi connectivity index (χ4v) is 5.03. The first-order valence-corrected chi connectivity index (χ1v) is 12.1. The SMILES string of the molecule is CN(C)c1ccc(C2CC(c3ccc(Br)cc3)=NN2C(=O)CSc2nnc(N)s2)cc1. The number of hydrogen-bond donors (Lipinski definition) is 1. The number of amides is 1. The Bertz CT molecular complexity index is 1100. The van der Waals surface area contributed by atoms with Gasteiger partial charge < -0.3 is 10.6 Å². The van der Waals surface area contributed by atoms with E-state index in [1.807, 2.05) is 38.4 Å². The van der Waals surface area contributed by atoms with Crippen molar-refractivity contribution in [2.75, 3.05) is 30.5 Å². The quantitative estimate of drug-likeness (QED) is 0.488. The van der Waals surface area contributed by atoms with Gasteiger partial charge in [-0.25, -0.2) is 5.01 Å². The summed E-state index contributed by atoms with van der Waals surface area (Å²) in [5, 5.41) is 14.5. The Morgan fingerprint density at radius 3 is 2.52 bits per heavy atom. The highest BCUT2D eigenvalue weighted by Crippen LogP contribution is 2.35. The molecule has 1 unspecified atom stereocenters. The Labute approximate surface area is 197 Å². The van der Waals surface area contributed by atoms with Crippen LogP contribution in [-0.4, -0.2) is 46.7 Å². The molecule has 10 heteroatoms. The summed E-state index contributed by atoms with van der Waals surface area (Å²) < 4.78 is 1.68. The summed E-state index contributed by atoms with van der Waals surface area (Å²) in [6, 6.07) is 16.1. The maximum Gasteiger partial charge on any atom is 0.253 e. The second kappa shape index (κ2) is 9.37. The minimum Gasteiger partial charge on any atom is -0.378 e. The predicted molar refractivity (Wildman–Crippen MR) is 131 cm³/mol. The number of carbonyl (C=O) groups is 1. The number of halogens is 1. The van der Waals surface area contributed by atoms with E-state index in [1.54, 1.807) is 5.01 Å². The summed E-state index contributed by atoms with van der Waals surface area (Å²) in [5.41, 5.74) is 9.71. The Morgan fingerprint density at radius 2 is 1.90 bits per heavy atom. The van der Waals surface area contributed by atoms with E-state index < -0.39 is 0 Å². The molecule has 0 spiro atoms. The molecule has 0 bridgehead atoms. The van der Waals surface area contributed by atoms with E-state index in [0.717, 1.165) is 27.0 Å². The van der Waals surface area contributed by atoms with Crippen LogP contribution in [0.25, 0.3) is 0 Å². The van der Waals surface area contributed by atoms with Gasteiger partial charge in [0.25, 0.3) is 5.91 Å². The van der Waals surface area contributed by atoms with Gasteiger partial charge >= 0.3 is 0 Å². The van der Waals surface area contributed by atoms with Crippen LogP contribution in [0.15, 0.2) is 62.4 Å². The van der Waals surface area contributed by atoms with Gasteiger partial charge in [-0.05, 0) is 35.4 Å². The number of thioether (sulfide) groups is 1. The van der Waals surface area contributed by atoms with Crippen molar-refractivity contribution in [1.29, 1.82) is 0 Å². The van der Waals surface area contributed by atoms with Crippen molar-refractivity contribution in [3.05, 3.63) is 64.1 Å². The molecule has 0 aliphatic carbocycles. The lowest BCUT2D eigenvalue weighted by molar-refractivity contribution is -0.130. The summed E-state index contributed by atoms with van der Waals surface area (Å²) in [6.07, 6.45) is 0.658. The van der Waals surface area contributed by atoms with Gasteiger partial charge in [-0.3, -0.25) is 4.79 Å². The van der Waals surface area contributed by atoms with Crippen LogP contribution in [0.4, 0.5) is 10.8 Å². The van der Waals surface area contributed by atoms with E-state index in [0.29, 0.717) is 15.9 Å².